The highest BCUT2D eigenvalue weighted by Gasteiger charge is 2.21. The molecule has 1 aromatic carbocycles. The topological polar surface area (TPSA) is 49.4 Å². The van der Waals surface area contributed by atoms with Gasteiger partial charge in [-0.1, -0.05) is 32.9 Å². The predicted octanol–water partition coefficient (Wildman–Crippen LogP) is 2.54. The fraction of sp³-hybridized carbons (Fsp3) is 0.529. The summed E-state index contributed by atoms with van der Waals surface area (Å²) in [5.41, 5.74) is 1.25. The highest BCUT2D eigenvalue weighted by atomic mass is 32.2. The van der Waals surface area contributed by atoms with Gasteiger partial charge in [0.05, 0.1) is 0 Å². The maximum atomic E-state index is 12.5. The number of nitrogens with zero attached hydrogens (tertiary/aromatic N) is 1. The first kappa shape index (κ1) is 16.9. The van der Waals surface area contributed by atoms with E-state index in [-0.39, 0.29) is 11.8 Å². The molecule has 0 bridgehead atoms. The van der Waals surface area contributed by atoms with Crippen molar-refractivity contribution in [1.29, 1.82) is 0 Å². The maximum Gasteiger partial charge on any atom is 0.253 e. The highest BCUT2D eigenvalue weighted by molar-refractivity contribution is 7.99. The fourth-order valence-electron chi connectivity index (χ4n) is 2.21. The molecule has 1 fully saturated rings. The lowest BCUT2D eigenvalue weighted by Gasteiger charge is -2.26. The number of benzene rings is 1. The molecule has 0 unspecified atom stereocenters. The zero-order valence-corrected chi connectivity index (χ0v) is 14.3. The van der Waals surface area contributed by atoms with E-state index >= 15 is 0 Å². The Labute approximate surface area is 136 Å². The molecule has 4 nitrogen and oxygen atoms in total. The Morgan fingerprint density at radius 2 is 1.91 bits per heavy atom. The van der Waals surface area contributed by atoms with Crippen molar-refractivity contribution < 1.29 is 9.59 Å². The molecule has 0 atom stereocenters. The molecule has 1 N–H and O–H groups in total. The van der Waals surface area contributed by atoms with Crippen LogP contribution in [-0.2, 0) is 11.3 Å². The van der Waals surface area contributed by atoms with Gasteiger partial charge in [-0.15, -0.1) is 0 Å². The third kappa shape index (κ3) is 4.50. The SMILES string of the molecule is CC(C)(C)C(=O)NCc1cccc(C(=O)N2CCSCC2)c1. The summed E-state index contributed by atoms with van der Waals surface area (Å²) in [6, 6.07) is 7.54. The standard InChI is InChI=1S/C17H24N2O2S/c1-17(2,3)16(21)18-12-13-5-4-6-14(11-13)15(20)19-7-9-22-10-8-19/h4-6,11H,7-10,12H2,1-3H3,(H,18,21). The molecule has 1 aromatic rings. The quantitative estimate of drug-likeness (QED) is 0.931. The third-order valence-electron chi connectivity index (χ3n) is 3.61. The minimum atomic E-state index is -0.404. The van der Waals surface area contributed by atoms with Crippen LogP contribution in [0, 0.1) is 5.41 Å². The summed E-state index contributed by atoms with van der Waals surface area (Å²) in [6.07, 6.45) is 0. The van der Waals surface area contributed by atoms with Crippen LogP contribution in [0.2, 0.25) is 0 Å². The molecule has 2 rings (SSSR count). The summed E-state index contributed by atoms with van der Waals surface area (Å²) in [5.74, 6) is 2.11. The Hall–Kier alpha value is -1.49. The van der Waals surface area contributed by atoms with Crippen molar-refractivity contribution in [3.05, 3.63) is 35.4 Å². The summed E-state index contributed by atoms with van der Waals surface area (Å²) >= 11 is 1.89. The average molecular weight is 320 g/mol. The molecule has 0 saturated carbocycles. The van der Waals surface area contributed by atoms with Gasteiger partial charge in [0.1, 0.15) is 0 Å². The lowest BCUT2D eigenvalue weighted by atomic mass is 9.95. The van der Waals surface area contributed by atoms with Crippen LogP contribution in [0.5, 0.6) is 0 Å². The summed E-state index contributed by atoms with van der Waals surface area (Å²) in [6.45, 7) is 7.74. The van der Waals surface area contributed by atoms with Crippen molar-refractivity contribution >= 4 is 23.6 Å². The number of thioether (sulfide) groups is 1. The first-order chi connectivity index (χ1) is 10.4. The number of hydrogen-bond donors (Lipinski definition) is 1. The number of hydrogen-bond acceptors (Lipinski definition) is 3. The second kappa shape index (κ2) is 7.18. The van der Waals surface area contributed by atoms with E-state index in [1.165, 1.54) is 0 Å². The van der Waals surface area contributed by atoms with E-state index in [1.807, 2.05) is 61.7 Å². The van der Waals surface area contributed by atoms with Gasteiger partial charge in [-0.05, 0) is 17.7 Å². The molecule has 0 aromatic heterocycles. The molecule has 0 spiro atoms. The molecule has 1 aliphatic heterocycles. The molecule has 5 heteroatoms. The second-order valence-electron chi connectivity index (χ2n) is 6.54. The van der Waals surface area contributed by atoms with Gasteiger partial charge in [-0.3, -0.25) is 9.59 Å². The minimum Gasteiger partial charge on any atom is -0.352 e. The highest BCUT2D eigenvalue weighted by Crippen LogP contribution is 2.15. The molecule has 22 heavy (non-hydrogen) atoms. The van der Waals surface area contributed by atoms with Gasteiger partial charge >= 0.3 is 0 Å². The Kier molecular flexibility index (Phi) is 5.51. The largest absolute Gasteiger partial charge is 0.352 e. The van der Waals surface area contributed by atoms with Gasteiger partial charge in [-0.25, -0.2) is 0 Å². The number of amides is 2. The Morgan fingerprint density at radius 3 is 2.55 bits per heavy atom. The monoisotopic (exact) mass is 320 g/mol. The van der Waals surface area contributed by atoms with Crippen LogP contribution in [0.3, 0.4) is 0 Å². The Morgan fingerprint density at radius 1 is 1.23 bits per heavy atom. The lowest BCUT2D eigenvalue weighted by molar-refractivity contribution is -0.128. The van der Waals surface area contributed by atoms with E-state index in [0.717, 1.165) is 30.2 Å². The first-order valence-corrected chi connectivity index (χ1v) is 8.77. The molecule has 1 heterocycles. The van der Waals surface area contributed by atoms with Crippen LogP contribution >= 0.6 is 11.8 Å². The molecule has 2 amide bonds. The smallest absolute Gasteiger partial charge is 0.253 e. The van der Waals surface area contributed by atoms with Crippen molar-refractivity contribution in [3.8, 4) is 0 Å². The summed E-state index contributed by atoms with van der Waals surface area (Å²) < 4.78 is 0. The summed E-state index contributed by atoms with van der Waals surface area (Å²) in [7, 11) is 0. The van der Waals surface area contributed by atoms with Gasteiger partial charge in [0.2, 0.25) is 5.91 Å². The Bertz CT molecular complexity index is 546. The van der Waals surface area contributed by atoms with Gasteiger partial charge in [0.25, 0.3) is 5.91 Å². The molecule has 0 aliphatic carbocycles. The first-order valence-electron chi connectivity index (χ1n) is 7.62. The molecule has 1 saturated heterocycles. The van der Waals surface area contributed by atoms with Crippen molar-refractivity contribution in [1.82, 2.24) is 10.2 Å². The number of nitrogens with one attached hydrogen (secondary N) is 1. The summed E-state index contributed by atoms with van der Waals surface area (Å²) in [5, 5.41) is 2.92. The van der Waals surface area contributed by atoms with Crippen molar-refractivity contribution in [2.24, 2.45) is 5.41 Å². The average Bonchev–Trinajstić information content (AvgIpc) is 2.52. The van der Waals surface area contributed by atoms with Gasteiger partial charge < -0.3 is 10.2 Å². The van der Waals surface area contributed by atoms with Crippen molar-refractivity contribution in [3.63, 3.8) is 0 Å². The molecular formula is C17H24N2O2S. The number of carbonyl (C=O) groups excluding carboxylic acids is 2. The zero-order valence-electron chi connectivity index (χ0n) is 13.5. The van der Waals surface area contributed by atoms with E-state index in [9.17, 15) is 9.59 Å². The van der Waals surface area contributed by atoms with Crippen LogP contribution in [0.25, 0.3) is 0 Å². The van der Waals surface area contributed by atoms with Crippen LogP contribution < -0.4 is 5.32 Å². The molecule has 0 radical (unpaired) electrons. The van der Waals surface area contributed by atoms with E-state index in [4.69, 9.17) is 0 Å². The van der Waals surface area contributed by atoms with E-state index < -0.39 is 5.41 Å². The van der Waals surface area contributed by atoms with Crippen molar-refractivity contribution in [2.45, 2.75) is 27.3 Å². The second-order valence-corrected chi connectivity index (χ2v) is 7.76. The van der Waals surface area contributed by atoms with Crippen molar-refractivity contribution in [2.75, 3.05) is 24.6 Å². The lowest BCUT2D eigenvalue weighted by Crippen LogP contribution is -2.38. The maximum absolute atomic E-state index is 12.5. The van der Waals surface area contributed by atoms with Gasteiger partial charge in [0, 0.05) is 42.1 Å². The van der Waals surface area contributed by atoms with Crippen LogP contribution in [0.15, 0.2) is 24.3 Å². The van der Waals surface area contributed by atoms with Crippen LogP contribution in [0.4, 0.5) is 0 Å². The third-order valence-corrected chi connectivity index (χ3v) is 4.55. The van der Waals surface area contributed by atoms with E-state index in [2.05, 4.69) is 5.32 Å². The van der Waals surface area contributed by atoms with Crippen LogP contribution in [-0.4, -0.2) is 41.3 Å². The number of rotatable bonds is 3. The van der Waals surface area contributed by atoms with Gasteiger partial charge in [-0.2, -0.15) is 11.8 Å². The van der Waals surface area contributed by atoms with Crippen LogP contribution in [0.1, 0.15) is 36.7 Å². The van der Waals surface area contributed by atoms with Gasteiger partial charge in [0.15, 0.2) is 0 Å². The Balaban J connectivity index is 2.00. The van der Waals surface area contributed by atoms with E-state index in [0.29, 0.717) is 12.1 Å². The summed E-state index contributed by atoms with van der Waals surface area (Å²) in [4.78, 5) is 26.3. The van der Waals surface area contributed by atoms with E-state index in [1.54, 1.807) is 0 Å². The minimum absolute atomic E-state index is 0.0114. The molecule has 120 valence electrons. The normalized spacial score (nSPS) is 15.5. The fourth-order valence-corrected chi connectivity index (χ4v) is 3.11. The predicted molar refractivity (Wildman–Crippen MR) is 91.0 cm³/mol. The molecule has 1 aliphatic rings. The molecular weight excluding hydrogens is 296 g/mol. The number of carbonyl (C=O) groups is 2. The zero-order chi connectivity index (χ0) is 16.2.